The van der Waals surface area contributed by atoms with Crippen molar-refractivity contribution in [2.75, 3.05) is 6.54 Å². The Hall–Kier alpha value is -2.04. The van der Waals surface area contributed by atoms with Gasteiger partial charge >= 0.3 is 0 Å². The second-order valence-corrected chi connectivity index (χ2v) is 9.57. The lowest BCUT2D eigenvalue weighted by Gasteiger charge is -2.37. The molecule has 164 valence electrons. The normalized spacial score (nSPS) is 23.1. The minimum absolute atomic E-state index is 0.00772. The monoisotopic (exact) mass is 458 g/mol. The molecule has 31 heavy (non-hydrogen) atoms. The van der Waals surface area contributed by atoms with Crippen LogP contribution in [-0.4, -0.2) is 40.2 Å². The number of carbonyl (C=O) groups excluding carboxylic acids is 2. The first-order valence-electron chi connectivity index (χ1n) is 11.0. The van der Waals surface area contributed by atoms with Gasteiger partial charge in [-0.15, -0.1) is 0 Å². The first-order valence-corrected chi connectivity index (χ1v) is 11.7. The fraction of sp³-hybridized carbons (Fsp3) is 0.440. The number of rotatable bonds is 3. The van der Waals surface area contributed by atoms with Gasteiger partial charge < -0.3 is 9.80 Å². The van der Waals surface area contributed by atoms with Crippen molar-refractivity contribution in [1.29, 1.82) is 0 Å². The first-order chi connectivity index (χ1) is 14.8. The summed E-state index contributed by atoms with van der Waals surface area (Å²) in [5.74, 6) is 0.107. The average Bonchev–Trinajstić information content (AvgIpc) is 3.08. The molecule has 2 aromatic carbocycles. The first kappa shape index (κ1) is 22.2. The van der Waals surface area contributed by atoms with Gasteiger partial charge in [0.1, 0.15) is 0 Å². The molecule has 2 aromatic rings. The highest BCUT2D eigenvalue weighted by Crippen LogP contribution is 2.35. The van der Waals surface area contributed by atoms with E-state index in [2.05, 4.69) is 13.8 Å². The van der Waals surface area contributed by atoms with Crippen LogP contribution in [0.25, 0.3) is 0 Å². The molecular formula is C25H28Cl2N2O2. The third kappa shape index (κ3) is 4.08. The van der Waals surface area contributed by atoms with Gasteiger partial charge in [-0.2, -0.15) is 0 Å². The van der Waals surface area contributed by atoms with Crippen LogP contribution in [0.5, 0.6) is 0 Å². The van der Waals surface area contributed by atoms with Crippen LogP contribution in [0.4, 0.5) is 0 Å². The van der Waals surface area contributed by atoms with E-state index in [1.54, 1.807) is 18.2 Å². The third-order valence-electron chi connectivity index (χ3n) is 6.86. The third-order valence-corrected chi connectivity index (χ3v) is 7.57. The number of hydrogen-bond donors (Lipinski definition) is 0. The van der Waals surface area contributed by atoms with Crippen molar-refractivity contribution in [2.45, 2.75) is 64.6 Å². The van der Waals surface area contributed by atoms with Crippen LogP contribution in [-0.2, 0) is 17.6 Å². The number of benzene rings is 2. The van der Waals surface area contributed by atoms with Crippen LogP contribution in [0.15, 0.2) is 36.4 Å². The number of hydrogen-bond acceptors (Lipinski definition) is 2. The zero-order valence-corrected chi connectivity index (χ0v) is 19.7. The average molecular weight is 459 g/mol. The summed E-state index contributed by atoms with van der Waals surface area (Å²) in [7, 11) is 0. The summed E-state index contributed by atoms with van der Waals surface area (Å²) in [5, 5.41) is 1.01. The molecule has 0 aromatic heterocycles. The van der Waals surface area contributed by atoms with Crippen LogP contribution < -0.4 is 0 Å². The molecule has 0 N–H and O–H groups in total. The summed E-state index contributed by atoms with van der Waals surface area (Å²) in [6.45, 7) is 6.85. The fourth-order valence-corrected chi connectivity index (χ4v) is 5.63. The van der Waals surface area contributed by atoms with Gasteiger partial charge in [0.25, 0.3) is 5.91 Å². The van der Waals surface area contributed by atoms with Crippen molar-refractivity contribution >= 4 is 35.0 Å². The van der Waals surface area contributed by atoms with Gasteiger partial charge in [-0.1, -0.05) is 41.4 Å². The highest BCUT2D eigenvalue weighted by Gasteiger charge is 2.35. The molecule has 0 radical (unpaired) electrons. The van der Waals surface area contributed by atoms with E-state index in [0.29, 0.717) is 28.6 Å². The van der Waals surface area contributed by atoms with Crippen LogP contribution in [0, 0.1) is 0 Å². The SMILES string of the molecule is CC1CCC(C)N1C(=O)c1cccc2c1CCN(C(=O)Cc1c(Cl)cccc1Cl)[C@H]2C. The van der Waals surface area contributed by atoms with Crippen molar-refractivity contribution in [1.82, 2.24) is 9.80 Å². The van der Waals surface area contributed by atoms with E-state index in [4.69, 9.17) is 23.2 Å². The van der Waals surface area contributed by atoms with Gasteiger partial charge in [-0.05, 0) is 74.9 Å². The summed E-state index contributed by atoms with van der Waals surface area (Å²) >= 11 is 12.5. The number of nitrogens with zero attached hydrogens (tertiary/aromatic N) is 2. The summed E-state index contributed by atoms with van der Waals surface area (Å²) < 4.78 is 0. The maximum absolute atomic E-state index is 13.4. The van der Waals surface area contributed by atoms with E-state index in [1.165, 1.54) is 0 Å². The van der Waals surface area contributed by atoms with Crippen molar-refractivity contribution in [3.63, 3.8) is 0 Å². The van der Waals surface area contributed by atoms with Gasteiger partial charge in [0, 0.05) is 34.2 Å². The van der Waals surface area contributed by atoms with Gasteiger partial charge in [0.2, 0.25) is 5.91 Å². The molecule has 4 nitrogen and oxygen atoms in total. The molecule has 2 aliphatic heterocycles. The molecular weight excluding hydrogens is 431 g/mol. The van der Waals surface area contributed by atoms with E-state index in [9.17, 15) is 9.59 Å². The van der Waals surface area contributed by atoms with Crippen LogP contribution >= 0.6 is 23.2 Å². The number of likely N-dealkylation sites (tertiary alicyclic amines) is 1. The van der Waals surface area contributed by atoms with Crippen LogP contribution in [0.2, 0.25) is 10.0 Å². The molecule has 2 amide bonds. The Bertz CT molecular complexity index is 992. The zero-order chi connectivity index (χ0) is 22.3. The predicted molar refractivity (Wildman–Crippen MR) is 125 cm³/mol. The summed E-state index contributed by atoms with van der Waals surface area (Å²) in [6.07, 6.45) is 2.93. The number of halogens is 2. The Morgan fingerprint density at radius 1 is 0.968 bits per heavy atom. The Labute approximate surface area is 194 Å². The maximum atomic E-state index is 13.4. The molecule has 0 bridgehead atoms. The van der Waals surface area contributed by atoms with Gasteiger partial charge in [0.15, 0.2) is 0 Å². The van der Waals surface area contributed by atoms with Crippen LogP contribution in [0.3, 0.4) is 0 Å². The Kier molecular flexibility index (Phi) is 6.32. The highest BCUT2D eigenvalue weighted by molar-refractivity contribution is 6.36. The quantitative estimate of drug-likeness (QED) is 0.591. The number of fused-ring (bicyclic) bond motifs is 1. The van der Waals surface area contributed by atoms with E-state index in [-0.39, 0.29) is 36.4 Å². The zero-order valence-electron chi connectivity index (χ0n) is 18.2. The molecule has 0 aliphatic carbocycles. The highest BCUT2D eigenvalue weighted by atomic mass is 35.5. The minimum Gasteiger partial charge on any atom is -0.335 e. The van der Waals surface area contributed by atoms with Gasteiger partial charge in [0.05, 0.1) is 12.5 Å². The van der Waals surface area contributed by atoms with Gasteiger partial charge in [-0.25, -0.2) is 0 Å². The van der Waals surface area contributed by atoms with Crippen molar-refractivity contribution in [2.24, 2.45) is 0 Å². The smallest absolute Gasteiger partial charge is 0.254 e. The standard InChI is InChI=1S/C25H28Cl2N2O2/c1-15-10-11-16(2)29(15)25(31)20-7-4-6-18-17(3)28(13-12-19(18)20)24(30)14-21-22(26)8-5-9-23(21)27/h4-9,15-17H,10-14H2,1-3H3/t15?,16?,17-/m0/s1. The Morgan fingerprint density at radius 3 is 2.23 bits per heavy atom. The lowest BCUT2D eigenvalue weighted by atomic mass is 9.88. The molecule has 0 spiro atoms. The van der Waals surface area contributed by atoms with Crippen LogP contribution in [0.1, 0.15) is 66.7 Å². The lowest BCUT2D eigenvalue weighted by Crippen LogP contribution is -2.42. The lowest BCUT2D eigenvalue weighted by molar-refractivity contribution is -0.133. The topological polar surface area (TPSA) is 40.6 Å². The molecule has 6 heteroatoms. The Balaban J connectivity index is 1.59. The van der Waals surface area contributed by atoms with E-state index >= 15 is 0 Å². The Morgan fingerprint density at radius 2 is 1.58 bits per heavy atom. The largest absolute Gasteiger partial charge is 0.335 e. The van der Waals surface area contributed by atoms with E-state index < -0.39 is 0 Å². The molecule has 2 heterocycles. The molecule has 2 unspecified atom stereocenters. The fourth-order valence-electron chi connectivity index (χ4n) is 5.10. The van der Waals surface area contributed by atoms with E-state index in [0.717, 1.165) is 29.5 Å². The molecule has 0 saturated carbocycles. The predicted octanol–water partition coefficient (Wildman–Crippen LogP) is 5.69. The second-order valence-electron chi connectivity index (χ2n) is 8.75. The second kappa shape index (κ2) is 8.84. The van der Waals surface area contributed by atoms with Crippen molar-refractivity contribution in [3.8, 4) is 0 Å². The molecule has 4 rings (SSSR count). The van der Waals surface area contributed by atoms with Crippen molar-refractivity contribution in [3.05, 3.63) is 68.7 Å². The summed E-state index contributed by atoms with van der Waals surface area (Å²) in [4.78, 5) is 30.4. The molecule has 1 fully saturated rings. The summed E-state index contributed by atoms with van der Waals surface area (Å²) in [5.41, 5.74) is 3.57. The molecule has 1 saturated heterocycles. The maximum Gasteiger partial charge on any atom is 0.254 e. The molecule has 3 atom stereocenters. The van der Waals surface area contributed by atoms with Crippen molar-refractivity contribution < 1.29 is 9.59 Å². The number of amides is 2. The van der Waals surface area contributed by atoms with E-state index in [1.807, 2.05) is 34.9 Å². The van der Waals surface area contributed by atoms with Gasteiger partial charge in [-0.3, -0.25) is 9.59 Å². The molecule has 2 aliphatic rings. The number of carbonyl (C=O) groups is 2. The summed E-state index contributed by atoms with van der Waals surface area (Å²) in [6, 6.07) is 11.6. The minimum atomic E-state index is -0.112.